The average molecular weight is 585 g/mol. The first-order valence-electron chi connectivity index (χ1n) is 9.44. The predicted octanol–water partition coefficient (Wildman–Crippen LogP) is -0.0223. The van der Waals surface area contributed by atoms with Gasteiger partial charge >= 0.3 is 29.8 Å². The van der Waals surface area contributed by atoms with Crippen LogP contribution in [0.2, 0.25) is 0 Å². The third-order valence-corrected chi connectivity index (χ3v) is 5.35. The Kier molecular flexibility index (Phi) is 10.5. The topological polar surface area (TPSA) is 181 Å². The summed E-state index contributed by atoms with van der Waals surface area (Å²) in [5.41, 5.74) is 0. The molecule has 13 nitrogen and oxygen atoms in total. The van der Waals surface area contributed by atoms with Gasteiger partial charge in [0.2, 0.25) is 11.7 Å². The Morgan fingerprint density at radius 1 is 0.939 bits per heavy atom. The molecular weight excluding hydrogens is 561 g/mol. The second-order valence-electron chi connectivity index (χ2n) is 6.82. The number of esters is 4. The number of ether oxygens (including phenoxy) is 5. The van der Waals surface area contributed by atoms with Gasteiger partial charge in [0, 0.05) is 40.7 Å². The van der Waals surface area contributed by atoms with Gasteiger partial charge in [-0.2, -0.15) is 0 Å². The molecule has 0 radical (unpaired) electrons. The number of aliphatic carboxylic acids is 1. The number of amides is 1. The summed E-state index contributed by atoms with van der Waals surface area (Å²) in [4.78, 5) is 69.9. The van der Waals surface area contributed by atoms with Gasteiger partial charge in [0.05, 0.1) is 3.92 Å². The second kappa shape index (κ2) is 12.4. The van der Waals surface area contributed by atoms with Crippen molar-refractivity contribution in [3.8, 4) is 0 Å². The lowest BCUT2D eigenvalue weighted by molar-refractivity contribution is -0.214. The van der Waals surface area contributed by atoms with Crippen molar-refractivity contribution in [1.29, 1.82) is 0 Å². The number of carboxylic acids is 1. The molecule has 0 saturated heterocycles. The van der Waals surface area contributed by atoms with Crippen molar-refractivity contribution in [2.75, 3.05) is 0 Å². The Labute approximate surface area is 202 Å². The Bertz CT molecular complexity index is 825. The third-order valence-electron chi connectivity index (χ3n) is 3.93. The molecule has 0 fully saturated rings. The van der Waals surface area contributed by atoms with Gasteiger partial charge in [0.1, 0.15) is 18.2 Å². The van der Waals surface area contributed by atoms with E-state index in [4.69, 9.17) is 23.7 Å². The molecule has 0 aliphatic carbocycles. The lowest BCUT2D eigenvalue weighted by Gasteiger charge is -2.40. The fourth-order valence-corrected chi connectivity index (χ4v) is 4.00. The lowest BCUT2D eigenvalue weighted by Crippen LogP contribution is -2.60. The molecule has 184 valence electrons. The Morgan fingerprint density at radius 3 is 1.85 bits per heavy atom. The minimum Gasteiger partial charge on any atom is -0.480 e. The van der Waals surface area contributed by atoms with Crippen molar-refractivity contribution in [2.45, 2.75) is 69.2 Å². The monoisotopic (exact) mass is 585 g/mol. The number of halogens is 1. The molecule has 1 amide bonds. The molecular formula is C19H24INO12. The van der Waals surface area contributed by atoms with Gasteiger partial charge < -0.3 is 34.1 Å². The van der Waals surface area contributed by atoms with E-state index in [1.807, 2.05) is 0 Å². The molecule has 5 unspecified atom stereocenters. The zero-order chi connectivity index (χ0) is 25.5. The Hall–Kier alpha value is -2.91. The lowest BCUT2D eigenvalue weighted by atomic mass is 9.95. The minimum atomic E-state index is -1.72. The van der Waals surface area contributed by atoms with Crippen LogP contribution in [0.25, 0.3) is 0 Å². The number of carbonyl (C=O) groups is 6. The van der Waals surface area contributed by atoms with Crippen LogP contribution in [0.3, 0.4) is 0 Å². The smallest absolute Gasteiger partial charge is 0.370 e. The van der Waals surface area contributed by atoms with E-state index in [9.17, 15) is 33.9 Å². The molecule has 14 heteroatoms. The predicted molar refractivity (Wildman–Crippen MR) is 114 cm³/mol. The minimum absolute atomic E-state index is 0.568. The highest BCUT2D eigenvalue weighted by Crippen LogP contribution is 2.31. The average Bonchev–Trinajstić information content (AvgIpc) is 2.64. The summed E-state index contributed by atoms with van der Waals surface area (Å²) in [6.45, 7) is 5.37. The first-order valence-corrected chi connectivity index (χ1v) is 10.7. The maximum absolute atomic E-state index is 11.8. The number of nitrogens with one attached hydrogen (secondary N) is 1. The summed E-state index contributed by atoms with van der Waals surface area (Å²) in [7, 11) is 0. The molecule has 0 aromatic rings. The maximum atomic E-state index is 11.8. The van der Waals surface area contributed by atoms with Gasteiger partial charge in [-0.25, -0.2) is 4.79 Å². The third kappa shape index (κ3) is 8.86. The first kappa shape index (κ1) is 28.1. The molecule has 1 aliphatic heterocycles. The summed E-state index contributed by atoms with van der Waals surface area (Å²) >= 11 is 1.71. The van der Waals surface area contributed by atoms with Gasteiger partial charge in [-0.1, -0.05) is 22.6 Å². The summed E-state index contributed by atoms with van der Waals surface area (Å²) in [6.07, 6.45) is -4.80. The number of carbonyl (C=O) groups excluding carboxylic acids is 5. The van der Waals surface area contributed by atoms with Crippen LogP contribution in [0.5, 0.6) is 0 Å². The molecule has 1 aliphatic rings. The van der Waals surface area contributed by atoms with E-state index < -0.39 is 76.1 Å². The van der Waals surface area contributed by atoms with Crippen LogP contribution >= 0.6 is 22.6 Å². The summed E-state index contributed by atoms with van der Waals surface area (Å²) < 4.78 is 24.8. The summed E-state index contributed by atoms with van der Waals surface area (Å²) in [6, 6.07) is -1.15. The molecule has 0 aromatic carbocycles. The molecule has 2 N–H and O–H groups in total. The van der Waals surface area contributed by atoms with Crippen LogP contribution in [0.4, 0.5) is 0 Å². The Balaban J connectivity index is 3.52. The van der Waals surface area contributed by atoms with E-state index >= 15 is 0 Å². The fourth-order valence-electron chi connectivity index (χ4n) is 2.92. The molecule has 5 atom stereocenters. The number of alkyl halides is 1. The number of hydrogen-bond acceptors (Lipinski definition) is 11. The van der Waals surface area contributed by atoms with Crippen molar-refractivity contribution < 1.29 is 57.6 Å². The van der Waals surface area contributed by atoms with E-state index in [-0.39, 0.29) is 0 Å². The first-order chi connectivity index (χ1) is 15.2. The SMILES string of the molecule is CC(=O)NC1C(OC(C)=O)C=C(C(=O)O)OC1C(I)C(OC(C)=O)C(OC(C)=O)OC(C)=O. The zero-order valence-electron chi connectivity index (χ0n) is 18.4. The molecule has 1 heterocycles. The largest absolute Gasteiger partial charge is 0.480 e. The van der Waals surface area contributed by atoms with Crippen molar-refractivity contribution in [2.24, 2.45) is 0 Å². The van der Waals surface area contributed by atoms with E-state index in [1.54, 1.807) is 22.6 Å². The maximum Gasteiger partial charge on any atom is 0.370 e. The van der Waals surface area contributed by atoms with E-state index in [0.29, 0.717) is 0 Å². The molecule has 33 heavy (non-hydrogen) atoms. The van der Waals surface area contributed by atoms with Crippen LogP contribution in [0.1, 0.15) is 34.6 Å². The van der Waals surface area contributed by atoms with Gasteiger partial charge in [-0.15, -0.1) is 0 Å². The van der Waals surface area contributed by atoms with E-state index in [0.717, 1.165) is 33.8 Å². The van der Waals surface area contributed by atoms with Crippen LogP contribution in [0.15, 0.2) is 11.8 Å². The zero-order valence-corrected chi connectivity index (χ0v) is 20.5. The van der Waals surface area contributed by atoms with Crippen molar-refractivity contribution in [1.82, 2.24) is 5.32 Å². The number of rotatable bonds is 9. The highest BCUT2D eigenvalue weighted by Gasteiger charge is 2.49. The van der Waals surface area contributed by atoms with Crippen LogP contribution < -0.4 is 5.32 Å². The van der Waals surface area contributed by atoms with E-state index in [2.05, 4.69) is 5.32 Å². The number of hydrogen-bond donors (Lipinski definition) is 2. The highest BCUT2D eigenvalue weighted by atomic mass is 127. The van der Waals surface area contributed by atoms with Gasteiger partial charge in [0.25, 0.3) is 6.29 Å². The molecule has 0 saturated carbocycles. The van der Waals surface area contributed by atoms with Crippen molar-refractivity contribution in [3.05, 3.63) is 11.8 Å². The van der Waals surface area contributed by atoms with E-state index in [1.165, 1.54) is 6.92 Å². The van der Waals surface area contributed by atoms with Gasteiger partial charge in [-0.05, 0) is 0 Å². The molecule has 0 spiro atoms. The van der Waals surface area contributed by atoms with Crippen LogP contribution in [-0.4, -0.2) is 75.4 Å². The van der Waals surface area contributed by atoms with Crippen LogP contribution in [-0.2, 0) is 52.5 Å². The standard InChI is InChI=1S/C19H24INO12/c1-7(22)21-15-12(29-8(2)23)6-13(18(27)28)33-16(15)14(20)17(30-9(3)24)19(31-10(4)25)32-11(5)26/h6,12,14-17,19H,1-5H3,(H,21,22)(H,27,28). The number of carboxylic acid groups (broad SMARTS) is 1. The quantitative estimate of drug-likeness (QED) is 0.122. The summed E-state index contributed by atoms with van der Waals surface area (Å²) in [5, 5.41) is 12.0. The summed E-state index contributed by atoms with van der Waals surface area (Å²) in [5.74, 6) is -6.01. The highest BCUT2D eigenvalue weighted by molar-refractivity contribution is 14.1. The van der Waals surface area contributed by atoms with Crippen molar-refractivity contribution in [3.63, 3.8) is 0 Å². The fraction of sp³-hybridized carbons (Fsp3) is 0.579. The van der Waals surface area contributed by atoms with Crippen LogP contribution in [0, 0.1) is 0 Å². The molecule has 0 bridgehead atoms. The normalized spacial score (nSPS) is 21.4. The molecule has 0 aromatic heterocycles. The van der Waals surface area contributed by atoms with Gasteiger partial charge in [0.15, 0.2) is 6.10 Å². The van der Waals surface area contributed by atoms with Gasteiger partial charge in [-0.3, -0.25) is 24.0 Å². The second-order valence-corrected chi connectivity index (χ2v) is 8.26. The molecule has 1 rings (SSSR count). The van der Waals surface area contributed by atoms with Crippen molar-refractivity contribution >= 4 is 58.3 Å². The Morgan fingerprint density at radius 2 is 1.45 bits per heavy atom.